The Labute approximate surface area is 131 Å². The van der Waals surface area contributed by atoms with E-state index in [-0.39, 0.29) is 5.91 Å². The van der Waals surface area contributed by atoms with Crippen LogP contribution in [0.15, 0.2) is 42.5 Å². The van der Waals surface area contributed by atoms with Crippen molar-refractivity contribution in [1.29, 1.82) is 0 Å². The summed E-state index contributed by atoms with van der Waals surface area (Å²) in [7, 11) is 1.65. The summed E-state index contributed by atoms with van der Waals surface area (Å²) in [6.07, 6.45) is 0.959. The number of fused-ring (bicyclic) bond motifs is 1. The van der Waals surface area contributed by atoms with Crippen molar-refractivity contribution in [2.24, 2.45) is 0 Å². The molecule has 0 fully saturated rings. The van der Waals surface area contributed by atoms with Gasteiger partial charge in [0.15, 0.2) is 6.10 Å². The number of amides is 1. The molecule has 1 N–H and O–H groups in total. The molecule has 118 valence electrons. The minimum absolute atomic E-state index is 0.0771. The van der Waals surface area contributed by atoms with Crippen LogP contribution in [-0.2, 0) is 9.53 Å². The molecule has 0 spiro atoms. The van der Waals surface area contributed by atoms with Gasteiger partial charge in [-0.1, -0.05) is 37.3 Å². The second-order valence-corrected chi connectivity index (χ2v) is 5.16. The molecular weight excluding hydrogens is 278 g/mol. The summed E-state index contributed by atoms with van der Waals surface area (Å²) in [5, 5.41) is 5.15. The van der Waals surface area contributed by atoms with Crippen molar-refractivity contribution in [1.82, 2.24) is 5.32 Å². The van der Waals surface area contributed by atoms with E-state index in [4.69, 9.17) is 9.47 Å². The zero-order valence-electron chi connectivity index (χ0n) is 13.2. The molecule has 2 aromatic carbocycles. The highest BCUT2D eigenvalue weighted by Crippen LogP contribution is 2.22. The van der Waals surface area contributed by atoms with Gasteiger partial charge in [0.25, 0.3) is 5.91 Å². The number of methoxy groups -OCH3 is 1. The maximum Gasteiger partial charge on any atom is 0.261 e. The SMILES string of the molecule is CC[C@@H](Oc1ccc2ccccc2c1)C(=O)NCCCOC. The highest BCUT2D eigenvalue weighted by Gasteiger charge is 2.17. The van der Waals surface area contributed by atoms with Gasteiger partial charge in [0, 0.05) is 20.3 Å². The Morgan fingerprint density at radius 1 is 1.18 bits per heavy atom. The van der Waals surface area contributed by atoms with Gasteiger partial charge < -0.3 is 14.8 Å². The molecule has 2 aromatic rings. The number of carbonyl (C=O) groups excluding carboxylic acids is 1. The monoisotopic (exact) mass is 301 g/mol. The first kappa shape index (κ1) is 16.3. The lowest BCUT2D eigenvalue weighted by Crippen LogP contribution is -2.38. The summed E-state index contributed by atoms with van der Waals surface area (Å²) in [4.78, 5) is 12.1. The molecule has 1 amide bonds. The summed E-state index contributed by atoms with van der Waals surface area (Å²) in [6, 6.07) is 14.0. The Hall–Kier alpha value is -2.07. The van der Waals surface area contributed by atoms with Crippen molar-refractivity contribution < 1.29 is 14.3 Å². The van der Waals surface area contributed by atoms with Gasteiger partial charge in [-0.2, -0.15) is 0 Å². The van der Waals surface area contributed by atoms with Crippen LogP contribution in [0.4, 0.5) is 0 Å². The van der Waals surface area contributed by atoms with Crippen molar-refractivity contribution in [2.45, 2.75) is 25.9 Å². The highest BCUT2D eigenvalue weighted by atomic mass is 16.5. The number of ether oxygens (including phenoxy) is 2. The number of benzene rings is 2. The molecule has 0 heterocycles. The summed E-state index contributed by atoms with van der Waals surface area (Å²) >= 11 is 0. The van der Waals surface area contributed by atoms with E-state index in [9.17, 15) is 4.79 Å². The minimum atomic E-state index is -0.469. The van der Waals surface area contributed by atoms with Crippen molar-refractivity contribution in [2.75, 3.05) is 20.3 Å². The van der Waals surface area contributed by atoms with E-state index in [0.717, 1.165) is 22.9 Å². The van der Waals surface area contributed by atoms with Crippen molar-refractivity contribution in [3.05, 3.63) is 42.5 Å². The molecule has 0 aliphatic rings. The van der Waals surface area contributed by atoms with E-state index in [0.29, 0.717) is 19.6 Å². The van der Waals surface area contributed by atoms with Crippen LogP contribution in [-0.4, -0.2) is 32.3 Å². The Balaban J connectivity index is 1.97. The molecule has 0 aliphatic heterocycles. The van der Waals surface area contributed by atoms with E-state index in [2.05, 4.69) is 11.4 Å². The predicted octanol–water partition coefficient (Wildman–Crippen LogP) is 3.15. The quantitative estimate of drug-likeness (QED) is 0.762. The Bertz CT molecular complexity index is 612. The molecule has 1 atom stereocenters. The van der Waals surface area contributed by atoms with Crippen LogP contribution in [0.5, 0.6) is 5.75 Å². The van der Waals surface area contributed by atoms with Crippen molar-refractivity contribution in [3.63, 3.8) is 0 Å². The first-order valence-corrected chi connectivity index (χ1v) is 7.66. The molecule has 0 unspecified atom stereocenters. The average molecular weight is 301 g/mol. The van der Waals surface area contributed by atoms with Crippen LogP contribution in [0.3, 0.4) is 0 Å². The van der Waals surface area contributed by atoms with E-state index in [1.54, 1.807) is 7.11 Å². The number of rotatable bonds is 8. The minimum Gasteiger partial charge on any atom is -0.481 e. The van der Waals surface area contributed by atoms with Crippen LogP contribution >= 0.6 is 0 Å². The summed E-state index contributed by atoms with van der Waals surface area (Å²) in [5.41, 5.74) is 0. The lowest BCUT2D eigenvalue weighted by molar-refractivity contribution is -0.128. The summed E-state index contributed by atoms with van der Waals surface area (Å²) in [6.45, 7) is 3.19. The second-order valence-electron chi connectivity index (χ2n) is 5.16. The predicted molar refractivity (Wildman–Crippen MR) is 88.2 cm³/mol. The van der Waals surface area contributed by atoms with Gasteiger partial charge in [0.2, 0.25) is 0 Å². The van der Waals surface area contributed by atoms with E-state index < -0.39 is 6.10 Å². The van der Waals surface area contributed by atoms with Gasteiger partial charge in [-0.05, 0) is 35.7 Å². The molecule has 0 bridgehead atoms. The van der Waals surface area contributed by atoms with E-state index in [1.807, 2.05) is 43.3 Å². The van der Waals surface area contributed by atoms with E-state index >= 15 is 0 Å². The number of hydrogen-bond donors (Lipinski definition) is 1. The average Bonchev–Trinajstić information content (AvgIpc) is 2.56. The van der Waals surface area contributed by atoms with Crippen molar-refractivity contribution in [3.8, 4) is 5.75 Å². The molecule has 4 nitrogen and oxygen atoms in total. The zero-order valence-corrected chi connectivity index (χ0v) is 13.2. The third kappa shape index (κ3) is 4.46. The molecule has 0 radical (unpaired) electrons. The van der Waals surface area contributed by atoms with Gasteiger partial charge in [0.1, 0.15) is 5.75 Å². The van der Waals surface area contributed by atoms with Gasteiger partial charge in [-0.25, -0.2) is 0 Å². The number of hydrogen-bond acceptors (Lipinski definition) is 3. The molecule has 4 heteroatoms. The van der Waals surface area contributed by atoms with Crippen LogP contribution in [0.25, 0.3) is 10.8 Å². The summed E-state index contributed by atoms with van der Waals surface area (Å²) < 4.78 is 10.8. The molecule has 0 aromatic heterocycles. The third-order valence-electron chi connectivity index (χ3n) is 3.49. The largest absolute Gasteiger partial charge is 0.481 e. The summed E-state index contributed by atoms with van der Waals surface area (Å²) in [5.74, 6) is 0.643. The van der Waals surface area contributed by atoms with Crippen LogP contribution in [0.1, 0.15) is 19.8 Å². The maximum absolute atomic E-state index is 12.1. The first-order chi connectivity index (χ1) is 10.7. The fourth-order valence-electron chi connectivity index (χ4n) is 2.27. The van der Waals surface area contributed by atoms with Gasteiger partial charge in [0.05, 0.1) is 0 Å². The fraction of sp³-hybridized carbons (Fsp3) is 0.389. The molecule has 22 heavy (non-hydrogen) atoms. The van der Waals surface area contributed by atoms with Crippen molar-refractivity contribution >= 4 is 16.7 Å². The van der Waals surface area contributed by atoms with Crippen LogP contribution in [0, 0.1) is 0 Å². The number of nitrogens with one attached hydrogen (secondary N) is 1. The lowest BCUT2D eigenvalue weighted by Gasteiger charge is -2.17. The van der Waals surface area contributed by atoms with Gasteiger partial charge >= 0.3 is 0 Å². The number of carbonyl (C=O) groups is 1. The lowest BCUT2D eigenvalue weighted by atomic mass is 10.1. The van der Waals surface area contributed by atoms with Gasteiger partial charge in [-0.15, -0.1) is 0 Å². The highest BCUT2D eigenvalue weighted by molar-refractivity contribution is 5.84. The first-order valence-electron chi connectivity index (χ1n) is 7.66. The normalized spacial score (nSPS) is 12.1. The fourth-order valence-corrected chi connectivity index (χ4v) is 2.27. The van der Waals surface area contributed by atoms with Crippen LogP contribution < -0.4 is 10.1 Å². The third-order valence-corrected chi connectivity index (χ3v) is 3.49. The zero-order chi connectivity index (χ0) is 15.8. The standard InChI is InChI=1S/C18H23NO3/c1-3-17(18(20)19-11-6-12-21-2)22-16-10-9-14-7-4-5-8-15(14)13-16/h4-5,7-10,13,17H,3,6,11-12H2,1-2H3,(H,19,20)/t17-/m1/s1. The maximum atomic E-state index is 12.1. The molecule has 0 saturated carbocycles. The molecule has 0 saturated heterocycles. The Morgan fingerprint density at radius 2 is 1.95 bits per heavy atom. The Kier molecular flexibility index (Phi) is 6.22. The Morgan fingerprint density at radius 3 is 2.68 bits per heavy atom. The molecule has 0 aliphatic carbocycles. The topological polar surface area (TPSA) is 47.6 Å². The van der Waals surface area contributed by atoms with Crippen LogP contribution in [0.2, 0.25) is 0 Å². The molecular formula is C18H23NO3. The van der Waals surface area contributed by atoms with Gasteiger partial charge in [-0.3, -0.25) is 4.79 Å². The smallest absolute Gasteiger partial charge is 0.261 e. The van der Waals surface area contributed by atoms with E-state index in [1.165, 1.54) is 0 Å². The molecule has 2 rings (SSSR count). The second kappa shape index (κ2) is 8.39.